The molecule has 0 radical (unpaired) electrons. The van der Waals surface area contributed by atoms with Crippen LogP contribution in [0, 0.1) is 16.7 Å². The van der Waals surface area contributed by atoms with E-state index in [0.29, 0.717) is 25.4 Å². The average Bonchev–Trinajstić information content (AvgIpc) is 3.30. The smallest absolute Gasteiger partial charge is 0.187 e. The largest absolute Gasteiger partial charge is 0.374 e. The summed E-state index contributed by atoms with van der Waals surface area (Å²) in [7, 11) is -3.49. The van der Waals surface area contributed by atoms with Gasteiger partial charge in [-0.05, 0) is 29.7 Å². The van der Waals surface area contributed by atoms with Crippen molar-refractivity contribution in [2.45, 2.75) is 51.3 Å². The molecule has 1 saturated heterocycles. The molecule has 0 amide bonds. The topological polar surface area (TPSA) is 73.0 Å². The highest BCUT2D eigenvalue weighted by Gasteiger charge is 2.66. The Morgan fingerprint density at radius 1 is 1.23 bits per heavy atom. The lowest BCUT2D eigenvalue weighted by Gasteiger charge is -2.36. The molecule has 1 aromatic carbocycles. The number of hydrogen-bond acceptors (Lipinski definition) is 5. The van der Waals surface area contributed by atoms with Crippen LogP contribution in [-0.2, 0) is 30.7 Å². The van der Waals surface area contributed by atoms with Crippen molar-refractivity contribution in [3.8, 4) is 0 Å². The van der Waals surface area contributed by atoms with Crippen LogP contribution in [0.1, 0.15) is 38.7 Å². The lowest BCUT2D eigenvalue weighted by atomic mass is 9.70. The third kappa shape index (κ3) is 2.83. The number of carbonyl (C=O) groups is 1. The first-order valence-electron chi connectivity index (χ1n) is 9.28. The van der Waals surface area contributed by atoms with Crippen LogP contribution in [0.3, 0.4) is 0 Å². The van der Waals surface area contributed by atoms with Gasteiger partial charge in [0.2, 0.25) is 0 Å². The molecule has 2 bridgehead atoms. The van der Waals surface area contributed by atoms with Gasteiger partial charge in [-0.1, -0.05) is 44.2 Å². The van der Waals surface area contributed by atoms with E-state index in [2.05, 4.69) is 13.8 Å². The summed E-state index contributed by atoms with van der Waals surface area (Å²) in [5, 5.41) is 0. The number of carbonyl (C=O) groups excluding carboxylic acids is 1. The Morgan fingerprint density at radius 2 is 1.96 bits per heavy atom. The fraction of sp³-hybridized carbons (Fsp3) is 0.650. The minimum absolute atomic E-state index is 0.0812. The van der Waals surface area contributed by atoms with Gasteiger partial charge in [-0.3, -0.25) is 4.79 Å². The first-order valence-corrected chi connectivity index (χ1v) is 11.0. The van der Waals surface area contributed by atoms with E-state index in [9.17, 15) is 13.2 Å². The molecule has 2 unspecified atom stereocenters. The van der Waals surface area contributed by atoms with Gasteiger partial charge in [0.25, 0.3) is 0 Å². The predicted octanol–water partition coefficient (Wildman–Crippen LogP) is 2.74. The maximum atomic E-state index is 12.9. The van der Waals surface area contributed by atoms with E-state index in [-0.39, 0.29) is 23.6 Å². The lowest BCUT2D eigenvalue weighted by molar-refractivity contribution is -0.128. The van der Waals surface area contributed by atoms with Gasteiger partial charge in [0.1, 0.15) is 11.9 Å². The number of rotatable bonds is 7. The van der Waals surface area contributed by atoms with Crippen LogP contribution in [0.4, 0.5) is 0 Å². The van der Waals surface area contributed by atoms with E-state index in [1.807, 2.05) is 30.3 Å². The number of hydrogen-bond donors (Lipinski definition) is 0. The Morgan fingerprint density at radius 3 is 2.58 bits per heavy atom. The van der Waals surface area contributed by atoms with Crippen molar-refractivity contribution in [2.24, 2.45) is 16.7 Å². The Hall–Kier alpha value is -1.24. The molecule has 1 aliphatic heterocycles. The molecular weight excluding hydrogens is 352 g/mol. The van der Waals surface area contributed by atoms with E-state index in [4.69, 9.17) is 9.47 Å². The predicted molar refractivity (Wildman–Crippen MR) is 97.1 cm³/mol. The molecule has 26 heavy (non-hydrogen) atoms. The van der Waals surface area contributed by atoms with Gasteiger partial charge in [0.15, 0.2) is 15.3 Å². The molecule has 5 nitrogen and oxygen atoms in total. The highest BCUT2D eigenvalue weighted by molar-refractivity contribution is 7.92. The second-order valence-corrected chi connectivity index (χ2v) is 10.6. The van der Waals surface area contributed by atoms with Crippen LogP contribution in [0.2, 0.25) is 0 Å². The summed E-state index contributed by atoms with van der Waals surface area (Å²) in [4.78, 5) is 12.6. The van der Waals surface area contributed by atoms with Crippen LogP contribution in [0.15, 0.2) is 30.3 Å². The molecule has 4 rings (SSSR count). The zero-order chi connectivity index (χ0) is 18.6. The van der Waals surface area contributed by atoms with Crippen LogP contribution in [-0.4, -0.2) is 38.1 Å². The number of fused-ring (bicyclic) bond motifs is 2. The fourth-order valence-corrected chi connectivity index (χ4v) is 7.34. The normalized spacial score (nSPS) is 35.0. The lowest BCUT2D eigenvalue weighted by Crippen LogP contribution is -2.43. The zero-order valence-electron chi connectivity index (χ0n) is 15.3. The van der Waals surface area contributed by atoms with Crippen LogP contribution >= 0.6 is 0 Å². The van der Waals surface area contributed by atoms with Gasteiger partial charge in [-0.25, -0.2) is 8.42 Å². The van der Waals surface area contributed by atoms with E-state index in [1.165, 1.54) is 0 Å². The van der Waals surface area contributed by atoms with Crippen LogP contribution in [0.5, 0.6) is 0 Å². The molecule has 0 aromatic heterocycles. The minimum Gasteiger partial charge on any atom is -0.374 e. The fourth-order valence-electron chi connectivity index (χ4n) is 4.96. The number of epoxide rings is 1. The van der Waals surface area contributed by atoms with Crippen molar-refractivity contribution in [3.05, 3.63) is 35.9 Å². The quantitative estimate of drug-likeness (QED) is 0.682. The Balaban J connectivity index is 1.36. The highest BCUT2D eigenvalue weighted by atomic mass is 32.2. The second-order valence-electron chi connectivity index (χ2n) is 8.52. The zero-order valence-corrected chi connectivity index (χ0v) is 16.1. The van der Waals surface area contributed by atoms with E-state index in [0.717, 1.165) is 12.0 Å². The molecule has 1 aromatic rings. The maximum Gasteiger partial charge on any atom is 0.187 e. The van der Waals surface area contributed by atoms with E-state index in [1.54, 1.807) is 0 Å². The number of benzene rings is 1. The third-order valence-corrected chi connectivity index (χ3v) is 8.89. The first-order chi connectivity index (χ1) is 12.3. The van der Waals surface area contributed by atoms with Gasteiger partial charge in [0.05, 0.1) is 19.0 Å². The Kier molecular flexibility index (Phi) is 4.29. The molecule has 0 spiro atoms. The number of ether oxygens (including phenoxy) is 2. The number of sulfone groups is 1. The van der Waals surface area contributed by atoms with Gasteiger partial charge in [0, 0.05) is 11.8 Å². The average molecular weight is 378 g/mol. The van der Waals surface area contributed by atoms with Gasteiger partial charge in [-0.15, -0.1) is 0 Å². The summed E-state index contributed by atoms with van der Waals surface area (Å²) in [6.07, 6.45) is 1.74. The highest BCUT2D eigenvalue weighted by Crippen LogP contribution is 2.64. The van der Waals surface area contributed by atoms with Gasteiger partial charge >= 0.3 is 0 Å². The number of Topliss-reactive ketones (excluding diaryl/α,β-unsaturated/α-hetero) is 1. The molecular formula is C20H26O5S. The summed E-state index contributed by atoms with van der Waals surface area (Å²) >= 11 is 0. The third-order valence-electron chi connectivity index (χ3n) is 6.87. The molecule has 142 valence electrons. The summed E-state index contributed by atoms with van der Waals surface area (Å²) in [5.74, 6) is 0.359. The molecule has 3 aliphatic rings. The molecule has 2 aliphatic carbocycles. The molecule has 6 heteroatoms. The van der Waals surface area contributed by atoms with Crippen molar-refractivity contribution < 1.29 is 22.7 Å². The van der Waals surface area contributed by atoms with Crippen LogP contribution in [0.25, 0.3) is 0 Å². The van der Waals surface area contributed by atoms with Crippen molar-refractivity contribution in [2.75, 3.05) is 12.4 Å². The summed E-state index contributed by atoms with van der Waals surface area (Å²) in [6, 6.07) is 9.74. The minimum atomic E-state index is -3.49. The van der Waals surface area contributed by atoms with Gasteiger partial charge in [-0.2, -0.15) is 0 Å². The van der Waals surface area contributed by atoms with Gasteiger partial charge < -0.3 is 9.47 Å². The van der Waals surface area contributed by atoms with Crippen LogP contribution < -0.4 is 0 Å². The number of ketones is 1. The van der Waals surface area contributed by atoms with Crippen molar-refractivity contribution in [3.63, 3.8) is 0 Å². The molecule has 1 heterocycles. The molecule has 2 saturated carbocycles. The van der Waals surface area contributed by atoms with Crippen molar-refractivity contribution >= 4 is 15.6 Å². The Bertz CT molecular complexity index is 801. The van der Waals surface area contributed by atoms with E-state index < -0.39 is 26.8 Å². The monoisotopic (exact) mass is 378 g/mol. The first kappa shape index (κ1) is 18.1. The second kappa shape index (κ2) is 6.14. The molecule has 0 N–H and O–H groups in total. The molecule has 3 fully saturated rings. The summed E-state index contributed by atoms with van der Waals surface area (Å²) < 4.78 is 36.8. The van der Waals surface area contributed by atoms with Crippen molar-refractivity contribution in [1.82, 2.24) is 0 Å². The Labute approximate surface area is 155 Å². The molecule has 4 atom stereocenters. The maximum absolute atomic E-state index is 12.9. The van der Waals surface area contributed by atoms with Crippen molar-refractivity contribution in [1.29, 1.82) is 0 Å². The SMILES string of the molecule is CC1(C)[C@@H]2CC[C@@]1(CS(=O)(=O)C1OC1COCc1ccccc1)C(=O)C2. The standard InChI is InChI=1S/C20H26O5S/c1-19(2)15-8-9-20(19,17(21)10-15)13-26(22,23)18-16(25-18)12-24-11-14-6-4-3-5-7-14/h3-7,15-16,18H,8-13H2,1-2H3/t15-,16?,18?,20-/m1/s1. The summed E-state index contributed by atoms with van der Waals surface area (Å²) in [5.41, 5.74) is -0.749. The summed E-state index contributed by atoms with van der Waals surface area (Å²) in [6.45, 7) is 4.80. The van der Waals surface area contributed by atoms with E-state index >= 15 is 0 Å².